The predicted molar refractivity (Wildman–Crippen MR) is 136 cm³/mol. The highest BCUT2D eigenvalue weighted by molar-refractivity contribution is 5.87. The third-order valence-electron chi connectivity index (χ3n) is 5.45. The molecule has 0 saturated carbocycles. The summed E-state index contributed by atoms with van der Waals surface area (Å²) >= 11 is 0. The van der Waals surface area contributed by atoms with E-state index < -0.39 is 0 Å². The standard InChI is InChI=1S/C29H35NO/c1-3-5-7-8-21-31-29-18-16-28(17-19-29)30-20-9-11-25-13-15-26-22-24(10-6-4-2)12-14-27(26)23-25/h9,11-20,22-23H,3-8,10,21H2,1-2H3/b11-9+,30-20?. The summed E-state index contributed by atoms with van der Waals surface area (Å²) < 4.78 is 5.79. The predicted octanol–water partition coefficient (Wildman–Crippen LogP) is 8.56. The van der Waals surface area contributed by atoms with E-state index in [-0.39, 0.29) is 0 Å². The SMILES string of the molecule is CCCCCCOc1ccc(N=C/C=C/c2ccc3cc(CCCC)ccc3c2)cc1. The van der Waals surface area contributed by atoms with Crippen LogP contribution in [0.5, 0.6) is 5.75 Å². The van der Waals surface area contributed by atoms with Gasteiger partial charge in [-0.3, -0.25) is 4.99 Å². The Labute approximate surface area is 187 Å². The average Bonchev–Trinajstić information content (AvgIpc) is 2.81. The van der Waals surface area contributed by atoms with Gasteiger partial charge in [-0.1, -0.05) is 75.9 Å². The summed E-state index contributed by atoms with van der Waals surface area (Å²) in [5, 5.41) is 2.59. The topological polar surface area (TPSA) is 21.6 Å². The van der Waals surface area contributed by atoms with E-state index in [1.807, 2.05) is 36.6 Å². The number of allylic oxidation sites excluding steroid dienone is 1. The van der Waals surface area contributed by atoms with Gasteiger partial charge >= 0.3 is 0 Å². The molecule has 2 heteroatoms. The Kier molecular flexibility index (Phi) is 9.37. The lowest BCUT2D eigenvalue weighted by Gasteiger charge is -2.05. The van der Waals surface area contributed by atoms with Crippen LogP contribution in [0.4, 0.5) is 5.69 Å². The minimum absolute atomic E-state index is 0.789. The second kappa shape index (κ2) is 12.7. The van der Waals surface area contributed by atoms with Crippen molar-refractivity contribution in [1.29, 1.82) is 0 Å². The summed E-state index contributed by atoms with van der Waals surface area (Å²) in [4.78, 5) is 4.52. The van der Waals surface area contributed by atoms with Gasteiger partial charge in [0, 0.05) is 6.21 Å². The molecule has 31 heavy (non-hydrogen) atoms. The van der Waals surface area contributed by atoms with Crippen LogP contribution in [-0.4, -0.2) is 12.8 Å². The highest BCUT2D eigenvalue weighted by Gasteiger charge is 1.98. The number of hydrogen-bond donors (Lipinski definition) is 0. The van der Waals surface area contributed by atoms with Crippen molar-refractivity contribution in [1.82, 2.24) is 0 Å². The lowest BCUT2D eigenvalue weighted by Crippen LogP contribution is -1.96. The summed E-state index contributed by atoms with van der Waals surface area (Å²) in [6.45, 7) is 5.25. The summed E-state index contributed by atoms with van der Waals surface area (Å²) in [5.74, 6) is 0.917. The van der Waals surface area contributed by atoms with Crippen LogP contribution in [-0.2, 0) is 6.42 Å². The van der Waals surface area contributed by atoms with Gasteiger partial charge < -0.3 is 4.74 Å². The van der Waals surface area contributed by atoms with Crippen LogP contribution >= 0.6 is 0 Å². The fourth-order valence-electron chi connectivity index (χ4n) is 3.58. The highest BCUT2D eigenvalue weighted by atomic mass is 16.5. The van der Waals surface area contributed by atoms with Gasteiger partial charge in [0.1, 0.15) is 5.75 Å². The number of fused-ring (bicyclic) bond motifs is 1. The van der Waals surface area contributed by atoms with Crippen molar-refractivity contribution in [3.63, 3.8) is 0 Å². The van der Waals surface area contributed by atoms with Crippen LogP contribution in [0.25, 0.3) is 16.8 Å². The van der Waals surface area contributed by atoms with E-state index >= 15 is 0 Å². The number of aliphatic imine (C=N–C) groups is 1. The van der Waals surface area contributed by atoms with Gasteiger partial charge in [0.2, 0.25) is 0 Å². The van der Waals surface area contributed by atoms with Crippen molar-refractivity contribution in [2.75, 3.05) is 6.61 Å². The molecule has 0 aliphatic carbocycles. The van der Waals surface area contributed by atoms with Crippen molar-refractivity contribution in [3.05, 3.63) is 77.9 Å². The van der Waals surface area contributed by atoms with E-state index in [0.717, 1.165) is 30.9 Å². The zero-order valence-electron chi connectivity index (χ0n) is 19.0. The number of nitrogens with zero attached hydrogens (tertiary/aromatic N) is 1. The largest absolute Gasteiger partial charge is 0.494 e. The molecule has 0 aliphatic heterocycles. The summed E-state index contributed by atoms with van der Waals surface area (Å²) in [6.07, 6.45) is 14.5. The van der Waals surface area contributed by atoms with Crippen LogP contribution in [0.2, 0.25) is 0 Å². The lowest BCUT2D eigenvalue weighted by molar-refractivity contribution is 0.305. The van der Waals surface area contributed by atoms with E-state index in [9.17, 15) is 0 Å². The molecule has 162 valence electrons. The maximum Gasteiger partial charge on any atom is 0.119 e. The first-order valence-electron chi connectivity index (χ1n) is 11.7. The molecule has 3 aromatic rings. The van der Waals surface area contributed by atoms with Gasteiger partial charge in [-0.15, -0.1) is 0 Å². The lowest BCUT2D eigenvalue weighted by atomic mass is 10.0. The summed E-state index contributed by atoms with van der Waals surface area (Å²) in [5.41, 5.74) is 3.55. The minimum atomic E-state index is 0.789. The molecule has 0 aliphatic rings. The second-order valence-electron chi connectivity index (χ2n) is 8.08. The van der Waals surface area contributed by atoms with Crippen molar-refractivity contribution in [2.24, 2.45) is 4.99 Å². The molecule has 3 aromatic carbocycles. The number of rotatable bonds is 12. The molecule has 0 saturated heterocycles. The number of aryl methyl sites for hydroxylation is 1. The van der Waals surface area contributed by atoms with Crippen LogP contribution in [0.1, 0.15) is 63.5 Å². The molecular formula is C29H35NO. The van der Waals surface area contributed by atoms with Crippen molar-refractivity contribution < 1.29 is 4.74 Å². The Balaban J connectivity index is 1.51. The van der Waals surface area contributed by atoms with E-state index in [2.05, 4.69) is 61.3 Å². The first kappa shape index (κ1) is 22.8. The zero-order valence-corrected chi connectivity index (χ0v) is 19.0. The Morgan fingerprint density at radius 2 is 1.55 bits per heavy atom. The van der Waals surface area contributed by atoms with Gasteiger partial charge in [0.25, 0.3) is 0 Å². The maximum absolute atomic E-state index is 5.79. The average molecular weight is 414 g/mol. The first-order valence-corrected chi connectivity index (χ1v) is 11.7. The maximum atomic E-state index is 5.79. The van der Waals surface area contributed by atoms with Gasteiger partial charge in [-0.2, -0.15) is 0 Å². The number of hydrogen-bond acceptors (Lipinski definition) is 2. The minimum Gasteiger partial charge on any atom is -0.494 e. The normalized spacial score (nSPS) is 11.7. The fourth-order valence-corrected chi connectivity index (χ4v) is 3.58. The number of benzene rings is 3. The van der Waals surface area contributed by atoms with Crippen LogP contribution in [0.3, 0.4) is 0 Å². The second-order valence-corrected chi connectivity index (χ2v) is 8.08. The third kappa shape index (κ3) is 7.71. The number of unbranched alkanes of at least 4 members (excludes halogenated alkanes) is 4. The Bertz CT molecular complexity index is 985. The van der Waals surface area contributed by atoms with E-state index in [1.165, 1.54) is 54.0 Å². The Morgan fingerprint density at radius 3 is 2.35 bits per heavy atom. The number of ether oxygens (including phenoxy) is 1. The molecule has 0 N–H and O–H groups in total. The smallest absolute Gasteiger partial charge is 0.119 e. The van der Waals surface area contributed by atoms with Gasteiger partial charge in [0.15, 0.2) is 0 Å². The van der Waals surface area contributed by atoms with Crippen molar-refractivity contribution >= 4 is 28.8 Å². The quantitative estimate of drug-likeness (QED) is 0.215. The molecule has 3 rings (SSSR count). The Hall–Kier alpha value is -2.87. The van der Waals surface area contributed by atoms with Gasteiger partial charge in [0.05, 0.1) is 12.3 Å². The monoisotopic (exact) mass is 413 g/mol. The molecule has 2 nitrogen and oxygen atoms in total. The van der Waals surface area contributed by atoms with Gasteiger partial charge in [-0.05, 0) is 77.6 Å². The molecule has 0 fully saturated rings. The molecule has 0 atom stereocenters. The molecular weight excluding hydrogens is 378 g/mol. The van der Waals surface area contributed by atoms with Crippen LogP contribution in [0, 0.1) is 0 Å². The fraction of sp³-hybridized carbons (Fsp3) is 0.345. The molecule has 0 amide bonds. The van der Waals surface area contributed by atoms with Gasteiger partial charge in [-0.25, -0.2) is 0 Å². The van der Waals surface area contributed by atoms with E-state index in [0.29, 0.717) is 0 Å². The molecule has 0 aromatic heterocycles. The molecule has 0 spiro atoms. The highest BCUT2D eigenvalue weighted by Crippen LogP contribution is 2.20. The van der Waals surface area contributed by atoms with E-state index in [4.69, 9.17) is 4.74 Å². The summed E-state index contributed by atoms with van der Waals surface area (Å²) in [7, 11) is 0. The Morgan fingerprint density at radius 1 is 0.774 bits per heavy atom. The summed E-state index contributed by atoms with van der Waals surface area (Å²) in [6, 6.07) is 21.4. The van der Waals surface area contributed by atoms with E-state index in [1.54, 1.807) is 0 Å². The molecule has 0 heterocycles. The third-order valence-corrected chi connectivity index (χ3v) is 5.45. The van der Waals surface area contributed by atoms with Crippen LogP contribution < -0.4 is 4.74 Å². The molecule has 0 bridgehead atoms. The molecule has 0 radical (unpaired) electrons. The van der Waals surface area contributed by atoms with Crippen LogP contribution in [0.15, 0.2) is 71.7 Å². The first-order chi connectivity index (χ1) is 15.3. The van der Waals surface area contributed by atoms with Crippen molar-refractivity contribution in [2.45, 2.75) is 58.8 Å². The van der Waals surface area contributed by atoms with Crippen molar-refractivity contribution in [3.8, 4) is 5.75 Å². The zero-order chi connectivity index (χ0) is 21.7. The molecule has 0 unspecified atom stereocenters.